The quantitative estimate of drug-likeness (QED) is 0.407. The first-order valence-electron chi connectivity index (χ1n) is 4.93. The van der Waals surface area contributed by atoms with Gasteiger partial charge in [0.15, 0.2) is 0 Å². The van der Waals surface area contributed by atoms with Crippen LogP contribution in [-0.2, 0) is 9.78 Å². The van der Waals surface area contributed by atoms with Gasteiger partial charge >= 0.3 is 0 Å². The second kappa shape index (κ2) is 5.09. The van der Waals surface area contributed by atoms with Crippen LogP contribution in [0.2, 0.25) is 0 Å². The molecule has 90 valence electrons. The maximum atomic E-state index is 11.1. The maximum absolute atomic E-state index is 11.1. The normalized spacial score (nSPS) is 11.4. The molecule has 1 rings (SSSR count). The lowest BCUT2D eigenvalue weighted by molar-refractivity contribution is -0.257. The third kappa shape index (κ3) is 2.80. The zero-order valence-electron chi connectivity index (χ0n) is 9.60. The Hall–Kier alpha value is -1.40. The van der Waals surface area contributed by atoms with Gasteiger partial charge in [0.1, 0.15) is 0 Å². The molecule has 0 bridgehead atoms. The standard InChI is InChI=1S/C10H14O6/c1-5(2)13-15-9-7(11)8(12)10(9)16-14-6(3)4/h5-6H,1-4H3. The van der Waals surface area contributed by atoms with E-state index in [0.29, 0.717) is 0 Å². The average Bonchev–Trinajstić information content (AvgIpc) is 2.20. The van der Waals surface area contributed by atoms with Gasteiger partial charge in [-0.05, 0) is 27.7 Å². The van der Waals surface area contributed by atoms with Gasteiger partial charge < -0.3 is 9.78 Å². The summed E-state index contributed by atoms with van der Waals surface area (Å²) in [4.78, 5) is 41.0. The largest absolute Gasteiger partial charge is 0.329 e. The second-order valence-electron chi connectivity index (χ2n) is 3.77. The highest BCUT2D eigenvalue weighted by molar-refractivity contribution is 5.45. The van der Waals surface area contributed by atoms with Crippen molar-refractivity contribution in [1.29, 1.82) is 0 Å². The maximum Gasteiger partial charge on any atom is 0.280 e. The lowest BCUT2D eigenvalue weighted by Gasteiger charge is -2.13. The predicted molar refractivity (Wildman–Crippen MR) is 55.1 cm³/mol. The Morgan fingerprint density at radius 1 is 0.750 bits per heavy atom. The molecule has 0 saturated carbocycles. The Morgan fingerprint density at radius 2 is 1.06 bits per heavy atom. The van der Waals surface area contributed by atoms with Gasteiger partial charge in [0, 0.05) is 0 Å². The molecule has 0 aliphatic carbocycles. The third-order valence-corrected chi connectivity index (χ3v) is 1.47. The van der Waals surface area contributed by atoms with E-state index < -0.39 is 10.9 Å². The molecule has 6 heteroatoms. The van der Waals surface area contributed by atoms with E-state index in [1.165, 1.54) is 0 Å². The highest BCUT2D eigenvalue weighted by Gasteiger charge is 2.27. The number of hydrogen-bond donors (Lipinski definition) is 0. The van der Waals surface area contributed by atoms with Crippen molar-refractivity contribution in [2.24, 2.45) is 0 Å². The molecule has 16 heavy (non-hydrogen) atoms. The fourth-order valence-corrected chi connectivity index (χ4v) is 0.790. The first kappa shape index (κ1) is 12.7. The van der Waals surface area contributed by atoms with Crippen molar-refractivity contribution in [2.75, 3.05) is 0 Å². The summed E-state index contributed by atoms with van der Waals surface area (Å²) in [6.45, 7) is 6.88. The van der Waals surface area contributed by atoms with E-state index in [4.69, 9.17) is 9.78 Å². The molecule has 6 nitrogen and oxygen atoms in total. The van der Waals surface area contributed by atoms with E-state index in [9.17, 15) is 9.59 Å². The topological polar surface area (TPSA) is 71.1 Å². The molecule has 0 amide bonds. The third-order valence-electron chi connectivity index (χ3n) is 1.47. The van der Waals surface area contributed by atoms with Crippen LogP contribution in [0.15, 0.2) is 9.59 Å². The highest BCUT2D eigenvalue weighted by Crippen LogP contribution is 2.21. The summed E-state index contributed by atoms with van der Waals surface area (Å²) in [6.07, 6.45) is -0.466. The van der Waals surface area contributed by atoms with Crippen molar-refractivity contribution in [3.63, 3.8) is 0 Å². The molecule has 0 aliphatic rings. The van der Waals surface area contributed by atoms with Crippen molar-refractivity contribution in [3.8, 4) is 11.5 Å². The van der Waals surface area contributed by atoms with E-state index >= 15 is 0 Å². The highest BCUT2D eigenvalue weighted by atomic mass is 17.2. The Kier molecular flexibility index (Phi) is 4.03. The van der Waals surface area contributed by atoms with Gasteiger partial charge in [-0.1, -0.05) is 0 Å². The molecule has 0 aliphatic heterocycles. The molecule has 0 atom stereocenters. The summed E-state index contributed by atoms with van der Waals surface area (Å²) < 4.78 is 0. The smallest absolute Gasteiger partial charge is 0.280 e. The molecule has 0 radical (unpaired) electrons. The van der Waals surface area contributed by atoms with Gasteiger partial charge in [0.2, 0.25) is 0 Å². The molecular weight excluding hydrogens is 216 g/mol. The summed E-state index contributed by atoms with van der Waals surface area (Å²) in [7, 11) is 0. The molecule has 0 saturated heterocycles. The molecule has 1 aromatic rings. The Balaban J connectivity index is 2.66. The fraction of sp³-hybridized carbons (Fsp3) is 0.600. The lowest BCUT2D eigenvalue weighted by atomic mass is 10.2. The van der Waals surface area contributed by atoms with Gasteiger partial charge in [0.25, 0.3) is 22.4 Å². The first-order valence-corrected chi connectivity index (χ1v) is 4.93. The molecule has 0 spiro atoms. The van der Waals surface area contributed by atoms with Crippen LogP contribution in [0.4, 0.5) is 0 Å². The van der Waals surface area contributed by atoms with Crippen molar-refractivity contribution in [2.45, 2.75) is 39.9 Å². The summed E-state index contributed by atoms with van der Waals surface area (Å²) in [5, 5.41) is 0. The minimum Gasteiger partial charge on any atom is -0.329 e. The van der Waals surface area contributed by atoms with Crippen LogP contribution in [0.3, 0.4) is 0 Å². The van der Waals surface area contributed by atoms with Crippen molar-refractivity contribution < 1.29 is 19.6 Å². The zero-order valence-corrected chi connectivity index (χ0v) is 9.60. The SMILES string of the molecule is CC(C)OOc1c(OOC(C)C)c(=O)c1=O. The Labute approximate surface area is 92.2 Å². The average molecular weight is 230 g/mol. The first-order chi connectivity index (χ1) is 7.43. The predicted octanol–water partition coefficient (Wildman–Crippen LogP) is 0.720. The van der Waals surface area contributed by atoms with Crippen LogP contribution in [-0.4, -0.2) is 12.2 Å². The van der Waals surface area contributed by atoms with Gasteiger partial charge in [-0.15, -0.1) is 0 Å². The van der Waals surface area contributed by atoms with Crippen molar-refractivity contribution in [3.05, 3.63) is 20.4 Å². The summed E-state index contributed by atoms with van der Waals surface area (Å²) in [6, 6.07) is 0. The fourth-order valence-electron chi connectivity index (χ4n) is 0.790. The van der Waals surface area contributed by atoms with Gasteiger partial charge in [-0.25, -0.2) is 0 Å². The lowest BCUT2D eigenvalue weighted by Crippen LogP contribution is -2.35. The van der Waals surface area contributed by atoms with E-state index in [2.05, 4.69) is 9.78 Å². The molecule has 0 unspecified atom stereocenters. The summed E-state index contributed by atoms with van der Waals surface area (Å²) >= 11 is 0. The van der Waals surface area contributed by atoms with Crippen molar-refractivity contribution >= 4 is 0 Å². The molecule has 0 fully saturated rings. The minimum atomic E-state index is -0.775. The van der Waals surface area contributed by atoms with E-state index in [1.807, 2.05) is 0 Å². The molecule has 0 heterocycles. The molecular formula is C10H14O6. The number of hydrogen-bond acceptors (Lipinski definition) is 6. The van der Waals surface area contributed by atoms with Crippen LogP contribution in [0.5, 0.6) is 11.5 Å². The van der Waals surface area contributed by atoms with Gasteiger partial charge in [0.05, 0.1) is 12.2 Å². The molecule has 0 N–H and O–H groups in total. The number of rotatable bonds is 6. The summed E-state index contributed by atoms with van der Waals surface area (Å²) in [5.41, 5.74) is -1.55. The Bertz CT molecular complexity index is 373. The molecule has 1 aromatic carbocycles. The van der Waals surface area contributed by atoms with E-state index in [1.54, 1.807) is 27.7 Å². The van der Waals surface area contributed by atoms with Crippen LogP contribution >= 0.6 is 0 Å². The van der Waals surface area contributed by atoms with Crippen LogP contribution < -0.4 is 20.6 Å². The zero-order chi connectivity index (χ0) is 12.3. The Morgan fingerprint density at radius 3 is 1.31 bits per heavy atom. The summed E-state index contributed by atoms with van der Waals surface area (Å²) in [5.74, 6) is -0.501. The van der Waals surface area contributed by atoms with Crippen LogP contribution in [0, 0.1) is 0 Å². The molecule has 0 aromatic heterocycles. The minimum absolute atomic E-state index is 0.233. The van der Waals surface area contributed by atoms with Gasteiger partial charge in [-0.2, -0.15) is 9.78 Å². The monoisotopic (exact) mass is 230 g/mol. The van der Waals surface area contributed by atoms with Crippen molar-refractivity contribution in [1.82, 2.24) is 0 Å². The van der Waals surface area contributed by atoms with Crippen LogP contribution in [0.25, 0.3) is 0 Å². The van der Waals surface area contributed by atoms with Gasteiger partial charge in [-0.3, -0.25) is 9.59 Å². The second-order valence-corrected chi connectivity index (χ2v) is 3.77. The van der Waals surface area contributed by atoms with Crippen LogP contribution in [0.1, 0.15) is 27.7 Å². The van der Waals surface area contributed by atoms with E-state index in [0.717, 1.165) is 0 Å². The van der Waals surface area contributed by atoms with E-state index in [-0.39, 0.29) is 23.7 Å².